The fourth-order valence-electron chi connectivity index (χ4n) is 2.68. The lowest BCUT2D eigenvalue weighted by Crippen LogP contribution is -3.14. The van der Waals surface area contributed by atoms with Gasteiger partial charge in [0.15, 0.2) is 22.6 Å². The topological polar surface area (TPSA) is 115 Å². The number of quaternary nitrogens is 1. The van der Waals surface area contributed by atoms with E-state index < -0.39 is 23.1 Å². The summed E-state index contributed by atoms with van der Waals surface area (Å²) in [5.74, 6) is -2.45. The fraction of sp³-hybridized carbons (Fsp3) is 0.353. The highest BCUT2D eigenvalue weighted by Crippen LogP contribution is 2.17. The van der Waals surface area contributed by atoms with Gasteiger partial charge in [-0.25, -0.2) is 13.8 Å². The number of nitrogens with two attached hydrogens (primary N) is 1. The van der Waals surface area contributed by atoms with Gasteiger partial charge in [0.05, 0.1) is 25.5 Å². The molecule has 1 fully saturated rings. The molecule has 0 aliphatic carbocycles. The van der Waals surface area contributed by atoms with E-state index in [0.717, 1.165) is 56.8 Å². The first-order chi connectivity index (χ1) is 13.4. The molecule has 28 heavy (non-hydrogen) atoms. The second-order valence-corrected chi connectivity index (χ2v) is 7.26. The largest absolute Gasteiger partial charge is 0.382 e. The molecule has 5 N–H and O–H groups in total. The molecule has 1 aromatic heterocycles. The van der Waals surface area contributed by atoms with E-state index in [1.807, 2.05) is 0 Å². The van der Waals surface area contributed by atoms with Gasteiger partial charge in [0.25, 0.3) is 11.5 Å². The number of ether oxygens (including phenoxy) is 1. The molecule has 11 heteroatoms. The average Bonchev–Trinajstić information content (AvgIpc) is 2.67. The summed E-state index contributed by atoms with van der Waals surface area (Å²) in [4.78, 5) is 32.5. The van der Waals surface area contributed by atoms with Gasteiger partial charge in [-0.05, 0) is 18.2 Å². The maximum Gasteiger partial charge on any atom is 0.277 e. The molecule has 1 aliphatic heterocycles. The van der Waals surface area contributed by atoms with Gasteiger partial charge < -0.3 is 20.7 Å². The number of halogens is 2. The Kier molecular flexibility index (Phi) is 6.60. The zero-order valence-electron chi connectivity index (χ0n) is 14.9. The lowest BCUT2D eigenvalue weighted by atomic mass is 10.2. The molecule has 1 aliphatic rings. The number of hydrogen-bond acceptors (Lipinski definition) is 6. The number of benzene rings is 1. The van der Waals surface area contributed by atoms with Crippen LogP contribution in [0.15, 0.2) is 28.2 Å². The fourth-order valence-corrected chi connectivity index (χ4v) is 3.60. The first kappa shape index (κ1) is 20.2. The van der Waals surface area contributed by atoms with Crippen molar-refractivity contribution in [2.75, 3.05) is 49.7 Å². The Morgan fingerprint density at radius 2 is 2.07 bits per heavy atom. The van der Waals surface area contributed by atoms with Gasteiger partial charge >= 0.3 is 0 Å². The summed E-state index contributed by atoms with van der Waals surface area (Å²) in [5, 5.41) is 2.64. The molecule has 1 aromatic carbocycles. The summed E-state index contributed by atoms with van der Waals surface area (Å²) in [5.41, 5.74) is 4.79. The Morgan fingerprint density at radius 1 is 1.32 bits per heavy atom. The van der Waals surface area contributed by atoms with Gasteiger partial charge in [-0.1, -0.05) is 11.8 Å². The molecule has 0 unspecified atom stereocenters. The molecule has 0 saturated carbocycles. The average molecular weight is 412 g/mol. The normalized spacial score (nSPS) is 14.8. The van der Waals surface area contributed by atoms with Crippen LogP contribution in [0.5, 0.6) is 0 Å². The zero-order valence-corrected chi connectivity index (χ0v) is 15.7. The first-order valence-electron chi connectivity index (χ1n) is 8.64. The number of thioether (sulfide) groups is 1. The van der Waals surface area contributed by atoms with E-state index in [-0.39, 0.29) is 17.1 Å². The van der Waals surface area contributed by atoms with E-state index in [4.69, 9.17) is 10.5 Å². The number of aromatic nitrogens is 2. The number of hydrogen-bond donors (Lipinski definition) is 4. The van der Waals surface area contributed by atoms with Crippen LogP contribution in [0.3, 0.4) is 0 Å². The number of carbonyl (C=O) groups excluding carboxylic acids is 1. The van der Waals surface area contributed by atoms with E-state index >= 15 is 0 Å². The lowest BCUT2D eigenvalue weighted by Gasteiger charge is -2.23. The number of rotatable bonds is 6. The Labute approximate surface area is 163 Å². The van der Waals surface area contributed by atoms with Crippen molar-refractivity contribution in [3.05, 3.63) is 45.8 Å². The van der Waals surface area contributed by atoms with E-state index in [1.54, 1.807) is 0 Å². The molecule has 3 rings (SSSR count). The molecule has 0 bridgehead atoms. The van der Waals surface area contributed by atoms with Crippen molar-refractivity contribution in [2.45, 2.75) is 5.16 Å². The lowest BCUT2D eigenvalue weighted by molar-refractivity contribution is -0.905. The number of nitrogens with one attached hydrogen (secondary N) is 3. The molecule has 2 heterocycles. The van der Waals surface area contributed by atoms with Crippen LogP contribution in [-0.2, 0) is 4.74 Å². The van der Waals surface area contributed by atoms with E-state index in [9.17, 15) is 18.4 Å². The van der Waals surface area contributed by atoms with Gasteiger partial charge in [-0.3, -0.25) is 14.6 Å². The van der Waals surface area contributed by atoms with Crippen LogP contribution in [0.2, 0.25) is 0 Å². The number of amides is 1. The van der Waals surface area contributed by atoms with Crippen LogP contribution in [0.4, 0.5) is 20.3 Å². The number of aromatic amines is 1. The van der Waals surface area contributed by atoms with Crippen LogP contribution >= 0.6 is 11.8 Å². The van der Waals surface area contributed by atoms with Crippen molar-refractivity contribution in [3.8, 4) is 0 Å². The van der Waals surface area contributed by atoms with E-state index in [1.165, 1.54) is 16.7 Å². The van der Waals surface area contributed by atoms with E-state index in [0.29, 0.717) is 5.16 Å². The highest BCUT2D eigenvalue weighted by atomic mass is 32.2. The van der Waals surface area contributed by atoms with Crippen molar-refractivity contribution in [1.29, 1.82) is 0 Å². The summed E-state index contributed by atoms with van der Waals surface area (Å²) in [7, 11) is 0. The summed E-state index contributed by atoms with van der Waals surface area (Å²) in [6, 6.07) is 2.66. The number of anilines is 2. The molecule has 0 radical (unpaired) electrons. The monoisotopic (exact) mass is 412 g/mol. The zero-order chi connectivity index (χ0) is 20.1. The molecular weight excluding hydrogens is 392 g/mol. The van der Waals surface area contributed by atoms with Crippen LogP contribution < -0.4 is 21.5 Å². The van der Waals surface area contributed by atoms with Gasteiger partial charge in [-0.2, -0.15) is 0 Å². The highest BCUT2D eigenvalue weighted by Gasteiger charge is 2.17. The molecule has 0 spiro atoms. The highest BCUT2D eigenvalue weighted by molar-refractivity contribution is 7.99. The second-order valence-electron chi connectivity index (χ2n) is 6.18. The molecular formula is C17H20F2N5O3S+. The van der Waals surface area contributed by atoms with Crippen LogP contribution in [0.25, 0.3) is 0 Å². The smallest absolute Gasteiger partial charge is 0.277 e. The Balaban J connectivity index is 1.63. The second kappa shape index (κ2) is 9.13. The number of nitrogens with zero attached hydrogens (tertiary/aromatic N) is 1. The quantitative estimate of drug-likeness (QED) is 0.389. The first-order valence-corrected chi connectivity index (χ1v) is 9.63. The minimum atomic E-state index is -1.16. The molecule has 0 atom stereocenters. The molecule has 8 nitrogen and oxygen atoms in total. The maximum atomic E-state index is 13.3. The third kappa shape index (κ3) is 5.06. The summed E-state index contributed by atoms with van der Waals surface area (Å²) in [6.07, 6.45) is 0. The third-order valence-corrected chi connectivity index (χ3v) is 5.12. The summed E-state index contributed by atoms with van der Waals surface area (Å²) >= 11 is 1.36. The summed E-state index contributed by atoms with van der Waals surface area (Å²) in [6.45, 7) is 4.28. The number of nitrogen functional groups attached to an aromatic ring is 1. The van der Waals surface area contributed by atoms with Crippen molar-refractivity contribution >= 4 is 29.2 Å². The molecule has 150 valence electrons. The summed E-state index contributed by atoms with van der Waals surface area (Å²) < 4.78 is 31.6. The SMILES string of the molecule is Nc1nc(SCC[NH+]2CCOCC2)[nH]c(=O)c1NC(=O)c1ccc(F)c(F)c1. The Bertz CT molecular complexity index is 918. The predicted molar refractivity (Wildman–Crippen MR) is 101 cm³/mol. The van der Waals surface area contributed by atoms with Crippen molar-refractivity contribution < 1.29 is 23.2 Å². The van der Waals surface area contributed by atoms with Crippen molar-refractivity contribution in [1.82, 2.24) is 9.97 Å². The minimum absolute atomic E-state index is 0.148. The Hall–Kier alpha value is -2.50. The molecule has 1 saturated heterocycles. The van der Waals surface area contributed by atoms with Gasteiger partial charge in [0.2, 0.25) is 0 Å². The molecule has 1 amide bonds. The van der Waals surface area contributed by atoms with Gasteiger partial charge in [-0.15, -0.1) is 0 Å². The number of H-pyrrole nitrogens is 1. The number of carbonyl (C=O) groups is 1. The van der Waals surface area contributed by atoms with Crippen LogP contribution in [0, 0.1) is 11.6 Å². The van der Waals surface area contributed by atoms with Crippen LogP contribution in [-0.4, -0.2) is 54.5 Å². The van der Waals surface area contributed by atoms with Gasteiger partial charge in [0, 0.05) is 5.56 Å². The van der Waals surface area contributed by atoms with E-state index in [2.05, 4.69) is 15.3 Å². The number of morpholine rings is 1. The maximum absolute atomic E-state index is 13.3. The van der Waals surface area contributed by atoms with Crippen molar-refractivity contribution in [3.63, 3.8) is 0 Å². The predicted octanol–water partition coefficient (Wildman–Crippen LogP) is -0.110. The Morgan fingerprint density at radius 3 is 2.75 bits per heavy atom. The third-order valence-electron chi connectivity index (χ3n) is 4.24. The van der Waals surface area contributed by atoms with Crippen LogP contribution in [0.1, 0.15) is 10.4 Å². The minimum Gasteiger partial charge on any atom is -0.382 e. The standard InChI is InChI=1S/C17H19F2N5O3S/c18-11-2-1-10(9-12(11)19)15(25)21-13-14(20)22-17(23-16(13)26)28-8-5-24-3-6-27-7-4-24/h1-2,9H,3-8H2,(H,21,25)(H3,20,22,23,26)/p+1. The van der Waals surface area contributed by atoms with Crippen molar-refractivity contribution in [2.24, 2.45) is 0 Å². The molecule has 2 aromatic rings. The van der Waals surface area contributed by atoms with Gasteiger partial charge in [0.1, 0.15) is 18.8 Å².